The second-order valence-corrected chi connectivity index (χ2v) is 4.29. The van der Waals surface area contributed by atoms with Crippen molar-refractivity contribution < 1.29 is 14.8 Å². The highest BCUT2D eigenvalue weighted by Gasteiger charge is 2.25. The number of hydrogen-bond donors (Lipinski definition) is 1. The van der Waals surface area contributed by atoms with E-state index in [9.17, 15) is 14.9 Å². The molecule has 0 spiro atoms. The number of aryl methyl sites for hydroxylation is 1. The molecule has 104 valence electrons. The maximum Gasteiger partial charge on any atom is 0.311 e. The zero-order valence-electron chi connectivity index (χ0n) is 11.2. The van der Waals surface area contributed by atoms with Crippen molar-refractivity contribution in [3.8, 4) is 0 Å². The van der Waals surface area contributed by atoms with E-state index in [1.54, 1.807) is 24.8 Å². The van der Waals surface area contributed by atoms with Crippen LogP contribution < -0.4 is 4.90 Å². The largest absolute Gasteiger partial charge is 0.481 e. The van der Waals surface area contributed by atoms with Gasteiger partial charge >= 0.3 is 11.7 Å². The van der Waals surface area contributed by atoms with Gasteiger partial charge < -0.3 is 10.0 Å². The Hall–Kier alpha value is -2.18. The molecule has 1 rings (SSSR count). The molecule has 0 bridgehead atoms. The molecule has 1 heterocycles. The SMILES string of the molecule is CCN(c1nc(C)ccc1[N+](=O)[O-])C(C)CC(=O)O. The number of hydrogen-bond acceptors (Lipinski definition) is 5. The monoisotopic (exact) mass is 267 g/mol. The van der Waals surface area contributed by atoms with Crippen molar-refractivity contribution in [2.45, 2.75) is 33.2 Å². The molecule has 0 radical (unpaired) electrons. The van der Waals surface area contributed by atoms with Gasteiger partial charge in [0, 0.05) is 24.3 Å². The van der Waals surface area contributed by atoms with Gasteiger partial charge in [0.05, 0.1) is 11.3 Å². The van der Waals surface area contributed by atoms with Crippen LogP contribution in [0, 0.1) is 17.0 Å². The number of carbonyl (C=O) groups is 1. The summed E-state index contributed by atoms with van der Waals surface area (Å²) in [6.45, 7) is 5.71. The molecule has 1 atom stereocenters. The summed E-state index contributed by atoms with van der Waals surface area (Å²) in [6.07, 6.45) is -0.0966. The zero-order chi connectivity index (χ0) is 14.6. The normalized spacial score (nSPS) is 11.9. The first kappa shape index (κ1) is 14.9. The standard InChI is InChI=1S/C12H17N3O4/c1-4-14(9(3)7-11(16)17)12-10(15(18)19)6-5-8(2)13-12/h5-6,9H,4,7H2,1-3H3,(H,16,17). The molecule has 0 aliphatic carbocycles. The van der Waals surface area contributed by atoms with Crippen molar-refractivity contribution in [3.05, 3.63) is 27.9 Å². The lowest BCUT2D eigenvalue weighted by Crippen LogP contribution is -2.35. The van der Waals surface area contributed by atoms with Gasteiger partial charge in [-0.3, -0.25) is 14.9 Å². The quantitative estimate of drug-likeness (QED) is 0.625. The number of nitro groups is 1. The fraction of sp³-hybridized carbons (Fsp3) is 0.500. The van der Waals surface area contributed by atoms with E-state index in [0.717, 1.165) is 0 Å². The lowest BCUT2D eigenvalue weighted by atomic mass is 10.2. The molecule has 19 heavy (non-hydrogen) atoms. The van der Waals surface area contributed by atoms with E-state index in [4.69, 9.17) is 5.11 Å². The van der Waals surface area contributed by atoms with E-state index >= 15 is 0 Å². The summed E-state index contributed by atoms with van der Waals surface area (Å²) in [4.78, 5) is 27.1. The first-order chi connectivity index (χ1) is 8.86. The predicted octanol–water partition coefficient (Wildman–Crippen LogP) is 1.99. The van der Waals surface area contributed by atoms with E-state index in [1.807, 2.05) is 6.92 Å². The van der Waals surface area contributed by atoms with Crippen LogP contribution in [0.3, 0.4) is 0 Å². The third-order valence-corrected chi connectivity index (χ3v) is 2.81. The van der Waals surface area contributed by atoms with Gasteiger partial charge in [0.15, 0.2) is 0 Å². The average molecular weight is 267 g/mol. The van der Waals surface area contributed by atoms with Crippen molar-refractivity contribution in [2.75, 3.05) is 11.4 Å². The summed E-state index contributed by atoms with van der Waals surface area (Å²) < 4.78 is 0. The lowest BCUT2D eigenvalue weighted by molar-refractivity contribution is -0.384. The molecule has 7 heteroatoms. The van der Waals surface area contributed by atoms with Crippen LogP contribution in [0.1, 0.15) is 26.0 Å². The molecule has 1 aromatic rings. The van der Waals surface area contributed by atoms with Crippen LogP contribution in [-0.2, 0) is 4.79 Å². The van der Waals surface area contributed by atoms with Gasteiger partial charge in [0.1, 0.15) is 0 Å². The average Bonchev–Trinajstić information content (AvgIpc) is 2.28. The predicted molar refractivity (Wildman–Crippen MR) is 70.4 cm³/mol. The molecular formula is C12H17N3O4. The number of carboxylic acids is 1. The van der Waals surface area contributed by atoms with Gasteiger partial charge in [0.25, 0.3) is 0 Å². The molecule has 0 fully saturated rings. The highest BCUT2D eigenvalue weighted by molar-refractivity contribution is 5.69. The van der Waals surface area contributed by atoms with Gasteiger partial charge in [-0.1, -0.05) is 0 Å². The zero-order valence-corrected chi connectivity index (χ0v) is 11.2. The number of aliphatic carboxylic acids is 1. The second kappa shape index (κ2) is 6.12. The van der Waals surface area contributed by atoms with Crippen LogP contribution in [0.25, 0.3) is 0 Å². The number of anilines is 1. The number of pyridine rings is 1. The maximum atomic E-state index is 11.0. The molecule has 0 saturated heterocycles. The first-order valence-corrected chi connectivity index (χ1v) is 5.97. The Morgan fingerprint density at radius 1 is 1.58 bits per heavy atom. The molecule has 1 aromatic heterocycles. The summed E-state index contributed by atoms with van der Waals surface area (Å²) in [5.41, 5.74) is 0.547. The van der Waals surface area contributed by atoms with Crippen LogP contribution in [0.2, 0.25) is 0 Å². The molecule has 0 amide bonds. The summed E-state index contributed by atoms with van der Waals surface area (Å²) >= 11 is 0. The van der Waals surface area contributed by atoms with E-state index in [1.165, 1.54) is 6.07 Å². The minimum atomic E-state index is -0.943. The van der Waals surface area contributed by atoms with Crippen LogP contribution in [0.15, 0.2) is 12.1 Å². The Morgan fingerprint density at radius 3 is 2.68 bits per heavy atom. The minimum Gasteiger partial charge on any atom is -0.481 e. The van der Waals surface area contributed by atoms with Crippen molar-refractivity contribution in [1.29, 1.82) is 0 Å². The van der Waals surface area contributed by atoms with E-state index in [0.29, 0.717) is 12.2 Å². The fourth-order valence-electron chi connectivity index (χ4n) is 1.92. The van der Waals surface area contributed by atoms with Crippen LogP contribution >= 0.6 is 0 Å². The maximum absolute atomic E-state index is 11.0. The summed E-state index contributed by atoms with van der Waals surface area (Å²) in [5.74, 6) is -0.720. The number of rotatable bonds is 6. The molecular weight excluding hydrogens is 250 g/mol. The number of aromatic nitrogens is 1. The molecule has 0 aliphatic rings. The van der Waals surface area contributed by atoms with Gasteiger partial charge in [-0.2, -0.15) is 0 Å². The third-order valence-electron chi connectivity index (χ3n) is 2.81. The van der Waals surface area contributed by atoms with Gasteiger partial charge in [0.2, 0.25) is 5.82 Å². The molecule has 7 nitrogen and oxygen atoms in total. The summed E-state index contributed by atoms with van der Waals surface area (Å²) in [5, 5.41) is 19.8. The smallest absolute Gasteiger partial charge is 0.311 e. The number of carboxylic acid groups (broad SMARTS) is 1. The Bertz CT molecular complexity index is 490. The Kier molecular flexibility index (Phi) is 4.80. The molecule has 0 aromatic carbocycles. The van der Waals surface area contributed by atoms with Gasteiger partial charge in [-0.25, -0.2) is 4.98 Å². The summed E-state index contributed by atoms with van der Waals surface area (Å²) in [6, 6.07) is 2.60. The van der Waals surface area contributed by atoms with Crippen LogP contribution in [0.4, 0.5) is 11.5 Å². The number of nitrogens with zero attached hydrogens (tertiary/aromatic N) is 3. The topological polar surface area (TPSA) is 96.6 Å². The fourth-order valence-corrected chi connectivity index (χ4v) is 1.92. The van der Waals surface area contributed by atoms with E-state index < -0.39 is 10.9 Å². The van der Waals surface area contributed by atoms with E-state index in [-0.39, 0.29) is 24.0 Å². The Balaban J connectivity index is 3.19. The van der Waals surface area contributed by atoms with Crippen molar-refractivity contribution >= 4 is 17.5 Å². The Labute approximate surface area is 111 Å². The van der Waals surface area contributed by atoms with Crippen molar-refractivity contribution in [3.63, 3.8) is 0 Å². The van der Waals surface area contributed by atoms with Gasteiger partial charge in [-0.15, -0.1) is 0 Å². The third kappa shape index (κ3) is 3.64. The lowest BCUT2D eigenvalue weighted by Gasteiger charge is -2.27. The molecule has 1 unspecified atom stereocenters. The highest BCUT2D eigenvalue weighted by Crippen LogP contribution is 2.28. The van der Waals surface area contributed by atoms with Crippen LogP contribution in [-0.4, -0.2) is 33.6 Å². The first-order valence-electron chi connectivity index (χ1n) is 5.97. The van der Waals surface area contributed by atoms with Gasteiger partial charge in [-0.05, 0) is 26.8 Å². The molecule has 0 saturated carbocycles. The summed E-state index contributed by atoms with van der Waals surface area (Å²) in [7, 11) is 0. The molecule has 0 aliphatic heterocycles. The van der Waals surface area contributed by atoms with Crippen molar-refractivity contribution in [1.82, 2.24) is 4.98 Å². The highest BCUT2D eigenvalue weighted by atomic mass is 16.6. The van der Waals surface area contributed by atoms with E-state index in [2.05, 4.69) is 4.98 Å². The minimum absolute atomic E-state index is 0.0966. The molecule has 1 N–H and O–H groups in total. The second-order valence-electron chi connectivity index (χ2n) is 4.29. The van der Waals surface area contributed by atoms with Crippen LogP contribution in [0.5, 0.6) is 0 Å². The van der Waals surface area contributed by atoms with Crippen molar-refractivity contribution in [2.24, 2.45) is 0 Å². The Morgan fingerprint density at radius 2 is 2.21 bits per heavy atom.